The van der Waals surface area contributed by atoms with Gasteiger partial charge >= 0.3 is 12.1 Å². The molecule has 9 nitrogen and oxygen atoms in total. The molecular weight excluding hydrogens is 400 g/mol. The summed E-state index contributed by atoms with van der Waals surface area (Å²) in [6.45, 7) is -0.185. The van der Waals surface area contributed by atoms with Crippen molar-refractivity contribution in [2.24, 2.45) is 7.05 Å². The molecule has 0 radical (unpaired) electrons. The van der Waals surface area contributed by atoms with Gasteiger partial charge in [0, 0.05) is 19.0 Å². The molecule has 0 saturated carbocycles. The van der Waals surface area contributed by atoms with Crippen LogP contribution in [-0.4, -0.2) is 46.0 Å². The molecule has 0 atom stereocenters. The van der Waals surface area contributed by atoms with Gasteiger partial charge in [0.1, 0.15) is 19.0 Å². The van der Waals surface area contributed by atoms with Gasteiger partial charge in [-0.1, -0.05) is 48.5 Å². The van der Waals surface area contributed by atoms with Crippen molar-refractivity contribution in [1.82, 2.24) is 15.1 Å². The van der Waals surface area contributed by atoms with Gasteiger partial charge in [-0.2, -0.15) is 5.10 Å². The fourth-order valence-electron chi connectivity index (χ4n) is 3.68. The summed E-state index contributed by atoms with van der Waals surface area (Å²) in [4.78, 5) is 35.1. The topological polar surface area (TPSA) is 123 Å². The summed E-state index contributed by atoms with van der Waals surface area (Å²) in [5, 5.41) is 17.6. The Bertz CT molecular complexity index is 1120. The number of hydrogen-bond acceptors (Lipinski definition) is 5. The lowest BCUT2D eigenvalue weighted by molar-refractivity contribution is -0.115. The van der Waals surface area contributed by atoms with Crippen molar-refractivity contribution in [2.75, 3.05) is 18.5 Å². The number of carbonyl (C=O) groups excluding carboxylic acids is 2. The number of aryl methyl sites for hydroxylation is 1. The number of aromatic carboxylic acids is 1. The van der Waals surface area contributed by atoms with Crippen molar-refractivity contribution >= 4 is 23.8 Å². The highest BCUT2D eigenvalue weighted by atomic mass is 16.5. The van der Waals surface area contributed by atoms with Gasteiger partial charge in [-0.3, -0.25) is 9.48 Å². The summed E-state index contributed by atoms with van der Waals surface area (Å²) in [5.74, 6) is -1.60. The Kier molecular flexibility index (Phi) is 5.40. The number of carbonyl (C=O) groups is 3. The number of aromatic nitrogens is 2. The van der Waals surface area contributed by atoms with Crippen LogP contribution >= 0.6 is 0 Å². The van der Waals surface area contributed by atoms with Crippen LogP contribution in [0.15, 0.2) is 54.6 Å². The molecule has 1 aliphatic rings. The summed E-state index contributed by atoms with van der Waals surface area (Å²) in [7, 11) is 1.50. The van der Waals surface area contributed by atoms with Crippen molar-refractivity contribution in [3.63, 3.8) is 0 Å². The number of nitrogens with one attached hydrogen (secondary N) is 2. The Morgan fingerprint density at radius 3 is 2.26 bits per heavy atom. The number of nitrogens with zero attached hydrogens (tertiary/aromatic N) is 2. The van der Waals surface area contributed by atoms with Crippen LogP contribution in [0.4, 0.5) is 10.6 Å². The van der Waals surface area contributed by atoms with Gasteiger partial charge in [0.05, 0.1) is 0 Å². The number of alkyl carbamates (subject to hydrolysis) is 1. The Morgan fingerprint density at radius 1 is 1.06 bits per heavy atom. The van der Waals surface area contributed by atoms with E-state index in [-0.39, 0.29) is 30.6 Å². The predicted octanol–water partition coefficient (Wildman–Crippen LogP) is 2.60. The molecule has 4 rings (SSSR count). The average Bonchev–Trinajstić information content (AvgIpc) is 3.29. The average molecular weight is 420 g/mol. The molecule has 3 aromatic rings. The van der Waals surface area contributed by atoms with Crippen molar-refractivity contribution in [3.8, 4) is 11.1 Å². The first kappa shape index (κ1) is 20.1. The molecule has 0 saturated heterocycles. The van der Waals surface area contributed by atoms with Gasteiger partial charge in [0.15, 0.2) is 5.69 Å². The number of fused-ring (bicyclic) bond motifs is 3. The maximum atomic E-state index is 12.1. The number of carboxylic acid groups (broad SMARTS) is 1. The lowest BCUT2D eigenvalue weighted by Gasteiger charge is -2.14. The highest BCUT2D eigenvalue weighted by molar-refractivity contribution is 5.94. The molecule has 0 fully saturated rings. The molecule has 0 aliphatic heterocycles. The zero-order valence-corrected chi connectivity index (χ0v) is 16.7. The number of rotatable bonds is 6. The highest BCUT2D eigenvalue weighted by Gasteiger charge is 2.29. The number of hydrogen-bond donors (Lipinski definition) is 3. The predicted molar refractivity (Wildman–Crippen MR) is 112 cm³/mol. The first-order chi connectivity index (χ1) is 14.9. The molecule has 0 bridgehead atoms. The second-order valence-corrected chi connectivity index (χ2v) is 7.07. The van der Waals surface area contributed by atoms with Crippen LogP contribution in [0.3, 0.4) is 0 Å². The van der Waals surface area contributed by atoms with Gasteiger partial charge in [-0.05, 0) is 22.3 Å². The zero-order valence-electron chi connectivity index (χ0n) is 16.7. The largest absolute Gasteiger partial charge is 0.476 e. The second-order valence-electron chi connectivity index (χ2n) is 7.07. The lowest BCUT2D eigenvalue weighted by atomic mass is 9.98. The quantitative estimate of drug-likeness (QED) is 0.563. The van der Waals surface area contributed by atoms with Crippen molar-refractivity contribution in [1.29, 1.82) is 0 Å². The number of ether oxygens (including phenoxy) is 1. The fraction of sp³-hybridized carbons (Fsp3) is 0.182. The second kappa shape index (κ2) is 8.31. The number of anilines is 1. The van der Waals surface area contributed by atoms with E-state index in [9.17, 15) is 14.4 Å². The van der Waals surface area contributed by atoms with Crippen molar-refractivity contribution in [2.45, 2.75) is 5.92 Å². The minimum atomic E-state index is -1.20. The molecule has 31 heavy (non-hydrogen) atoms. The SMILES string of the molecule is Cn1nc(C(=O)O)cc1NC(=O)CNC(=O)OCC1c2ccccc2-c2ccccc21. The van der Waals surface area contributed by atoms with E-state index in [2.05, 4.69) is 15.7 Å². The molecule has 0 unspecified atom stereocenters. The third-order valence-corrected chi connectivity index (χ3v) is 5.10. The Morgan fingerprint density at radius 2 is 1.68 bits per heavy atom. The first-order valence-corrected chi connectivity index (χ1v) is 9.60. The fourth-order valence-corrected chi connectivity index (χ4v) is 3.68. The van der Waals surface area contributed by atoms with Gasteiger partial charge in [-0.15, -0.1) is 0 Å². The molecule has 2 amide bonds. The molecular formula is C22H20N4O5. The third kappa shape index (κ3) is 4.11. The molecule has 0 spiro atoms. The van der Waals surface area contributed by atoms with Gasteiger partial charge in [0.2, 0.25) is 5.91 Å². The van der Waals surface area contributed by atoms with Crippen LogP contribution in [-0.2, 0) is 16.6 Å². The minimum Gasteiger partial charge on any atom is -0.476 e. The molecule has 1 aliphatic carbocycles. The molecule has 1 aromatic heterocycles. The molecule has 9 heteroatoms. The van der Waals surface area contributed by atoms with Crippen LogP contribution in [0.1, 0.15) is 27.5 Å². The van der Waals surface area contributed by atoms with E-state index in [1.165, 1.54) is 17.8 Å². The van der Waals surface area contributed by atoms with E-state index in [4.69, 9.17) is 9.84 Å². The Hall–Kier alpha value is -4.14. The summed E-state index contributed by atoms with van der Waals surface area (Å²) in [6.07, 6.45) is -0.715. The van der Waals surface area contributed by atoms with E-state index in [0.717, 1.165) is 22.3 Å². The van der Waals surface area contributed by atoms with E-state index >= 15 is 0 Å². The molecule has 158 valence electrons. The lowest BCUT2D eigenvalue weighted by Crippen LogP contribution is -2.34. The molecule has 3 N–H and O–H groups in total. The van der Waals surface area contributed by atoms with Crippen LogP contribution in [0, 0.1) is 0 Å². The minimum absolute atomic E-state index is 0.0733. The highest BCUT2D eigenvalue weighted by Crippen LogP contribution is 2.44. The number of carboxylic acids is 1. The van der Waals surface area contributed by atoms with Gasteiger partial charge in [-0.25, -0.2) is 9.59 Å². The monoisotopic (exact) mass is 420 g/mol. The summed E-state index contributed by atoms with van der Waals surface area (Å²) < 4.78 is 6.61. The van der Waals surface area contributed by atoms with E-state index in [1.807, 2.05) is 48.5 Å². The summed E-state index contributed by atoms with van der Waals surface area (Å²) in [5.41, 5.74) is 4.26. The van der Waals surface area contributed by atoms with Gasteiger partial charge < -0.3 is 20.5 Å². The maximum Gasteiger partial charge on any atom is 0.407 e. The van der Waals surface area contributed by atoms with Crippen LogP contribution in [0.5, 0.6) is 0 Å². The van der Waals surface area contributed by atoms with E-state index in [0.29, 0.717) is 0 Å². The van der Waals surface area contributed by atoms with Crippen molar-refractivity contribution < 1.29 is 24.2 Å². The van der Waals surface area contributed by atoms with Crippen LogP contribution in [0.2, 0.25) is 0 Å². The number of benzene rings is 2. The van der Waals surface area contributed by atoms with Crippen LogP contribution in [0.25, 0.3) is 11.1 Å². The standard InChI is InChI=1S/C22H20N4O5/c1-26-19(10-18(25-26)21(28)29)24-20(27)11-23-22(30)31-12-17-15-8-4-2-6-13(15)14-7-3-5-9-16(14)17/h2-10,17H,11-12H2,1H3,(H,23,30)(H,24,27)(H,28,29). The molecule has 1 heterocycles. The van der Waals surface area contributed by atoms with E-state index < -0.39 is 18.0 Å². The number of amides is 2. The first-order valence-electron chi connectivity index (χ1n) is 9.60. The van der Waals surface area contributed by atoms with E-state index in [1.54, 1.807) is 0 Å². The normalized spacial score (nSPS) is 12.0. The van der Waals surface area contributed by atoms with Crippen molar-refractivity contribution in [3.05, 3.63) is 71.4 Å². The van der Waals surface area contributed by atoms with Gasteiger partial charge in [0.25, 0.3) is 0 Å². The van der Waals surface area contributed by atoms with Crippen LogP contribution < -0.4 is 10.6 Å². The molecule has 2 aromatic carbocycles. The zero-order chi connectivity index (χ0) is 22.0. The third-order valence-electron chi connectivity index (χ3n) is 5.10. The summed E-state index contributed by atoms with van der Waals surface area (Å²) >= 11 is 0. The smallest absolute Gasteiger partial charge is 0.407 e. The Balaban J connectivity index is 1.32. The maximum absolute atomic E-state index is 12.1. The summed E-state index contributed by atoms with van der Waals surface area (Å²) in [6, 6.07) is 17.2. The Labute approximate surface area is 177 Å².